The fraction of sp³-hybridized carbons (Fsp3) is 0.538. The molecule has 1 aliphatic carbocycles. The minimum Gasteiger partial charge on any atom is -0.493 e. The van der Waals surface area contributed by atoms with Crippen LogP contribution >= 0.6 is 11.6 Å². The van der Waals surface area contributed by atoms with Gasteiger partial charge >= 0.3 is 0 Å². The van der Waals surface area contributed by atoms with Crippen LogP contribution in [0.1, 0.15) is 24.8 Å². The van der Waals surface area contributed by atoms with Gasteiger partial charge in [0.25, 0.3) is 0 Å². The zero-order chi connectivity index (χ0) is 12.5. The van der Waals surface area contributed by atoms with E-state index in [0.717, 1.165) is 24.2 Å². The molecule has 0 amide bonds. The quantitative estimate of drug-likeness (QED) is 0.900. The van der Waals surface area contributed by atoms with Gasteiger partial charge in [0.2, 0.25) is 0 Å². The molecule has 3 nitrogen and oxygen atoms in total. The van der Waals surface area contributed by atoms with Crippen molar-refractivity contribution in [1.82, 2.24) is 0 Å². The second kappa shape index (κ2) is 4.75. The molecular weight excluding hydrogens is 238 g/mol. The van der Waals surface area contributed by atoms with Crippen molar-refractivity contribution in [3.05, 3.63) is 22.7 Å². The van der Waals surface area contributed by atoms with Gasteiger partial charge in [-0.2, -0.15) is 0 Å². The van der Waals surface area contributed by atoms with Gasteiger partial charge in [0, 0.05) is 28.6 Å². The third-order valence-corrected chi connectivity index (χ3v) is 3.93. The summed E-state index contributed by atoms with van der Waals surface area (Å²) in [5.41, 5.74) is 7.03. The summed E-state index contributed by atoms with van der Waals surface area (Å²) in [5, 5.41) is 0.664. The Kier molecular flexibility index (Phi) is 3.50. The van der Waals surface area contributed by atoms with Crippen molar-refractivity contribution in [3.8, 4) is 11.5 Å². The van der Waals surface area contributed by atoms with Gasteiger partial charge in [-0.3, -0.25) is 0 Å². The van der Waals surface area contributed by atoms with E-state index in [2.05, 4.69) is 0 Å². The van der Waals surface area contributed by atoms with Gasteiger partial charge in [-0.25, -0.2) is 0 Å². The van der Waals surface area contributed by atoms with Gasteiger partial charge in [-0.1, -0.05) is 18.0 Å². The fourth-order valence-corrected chi connectivity index (χ4v) is 2.72. The predicted molar refractivity (Wildman–Crippen MR) is 69.1 cm³/mol. The monoisotopic (exact) mass is 255 g/mol. The average Bonchev–Trinajstić information content (AvgIpc) is 2.27. The smallest absolute Gasteiger partial charge is 0.164 e. The number of benzene rings is 1. The van der Waals surface area contributed by atoms with Gasteiger partial charge in [0.15, 0.2) is 11.5 Å². The number of hydrogen-bond donors (Lipinski definition) is 1. The molecule has 0 saturated heterocycles. The fourth-order valence-electron chi connectivity index (χ4n) is 2.51. The second-order valence-corrected chi connectivity index (χ2v) is 4.96. The number of methoxy groups -OCH3 is 2. The molecule has 1 fully saturated rings. The summed E-state index contributed by atoms with van der Waals surface area (Å²) in [6, 6.07) is 3.72. The average molecular weight is 256 g/mol. The van der Waals surface area contributed by atoms with Crippen molar-refractivity contribution in [2.45, 2.75) is 24.7 Å². The molecule has 1 saturated carbocycles. The molecule has 0 aromatic heterocycles. The van der Waals surface area contributed by atoms with E-state index in [0.29, 0.717) is 17.3 Å². The minimum absolute atomic E-state index is 0.0174. The van der Waals surface area contributed by atoms with E-state index < -0.39 is 0 Å². The molecule has 4 heteroatoms. The van der Waals surface area contributed by atoms with Crippen LogP contribution in [0.4, 0.5) is 0 Å². The highest BCUT2D eigenvalue weighted by Crippen LogP contribution is 2.49. The lowest BCUT2D eigenvalue weighted by Gasteiger charge is -2.42. The summed E-state index contributed by atoms with van der Waals surface area (Å²) in [4.78, 5) is 0. The van der Waals surface area contributed by atoms with Crippen molar-refractivity contribution in [1.29, 1.82) is 0 Å². The van der Waals surface area contributed by atoms with Crippen molar-refractivity contribution >= 4 is 11.6 Å². The van der Waals surface area contributed by atoms with Crippen LogP contribution in [0.3, 0.4) is 0 Å². The SMILES string of the molecule is COc1cc(Cl)cc(C2(CN)CCC2)c1OC. The normalized spacial score (nSPS) is 17.4. The van der Waals surface area contributed by atoms with Gasteiger partial charge in [-0.15, -0.1) is 0 Å². The van der Waals surface area contributed by atoms with Crippen molar-refractivity contribution < 1.29 is 9.47 Å². The Balaban J connectivity index is 2.55. The topological polar surface area (TPSA) is 44.5 Å². The van der Waals surface area contributed by atoms with Crippen LogP contribution < -0.4 is 15.2 Å². The predicted octanol–water partition coefficient (Wildman–Crippen LogP) is 2.74. The third kappa shape index (κ3) is 1.98. The molecule has 0 bridgehead atoms. The first kappa shape index (κ1) is 12.5. The van der Waals surface area contributed by atoms with Gasteiger partial charge in [-0.05, 0) is 18.9 Å². The second-order valence-electron chi connectivity index (χ2n) is 4.53. The van der Waals surface area contributed by atoms with E-state index in [1.807, 2.05) is 6.07 Å². The lowest BCUT2D eigenvalue weighted by molar-refractivity contribution is 0.240. The molecule has 2 N–H and O–H groups in total. The van der Waals surface area contributed by atoms with E-state index in [1.165, 1.54) is 6.42 Å². The molecule has 0 radical (unpaired) electrons. The van der Waals surface area contributed by atoms with Gasteiger partial charge in [0.1, 0.15) is 0 Å². The maximum Gasteiger partial charge on any atom is 0.164 e. The largest absolute Gasteiger partial charge is 0.493 e. The van der Waals surface area contributed by atoms with Crippen molar-refractivity contribution in [2.75, 3.05) is 20.8 Å². The molecule has 2 rings (SSSR count). The van der Waals surface area contributed by atoms with Crippen LogP contribution in [0.25, 0.3) is 0 Å². The molecule has 0 aliphatic heterocycles. The van der Waals surface area contributed by atoms with Crippen LogP contribution in [0.2, 0.25) is 5.02 Å². The van der Waals surface area contributed by atoms with Crippen LogP contribution in [-0.2, 0) is 5.41 Å². The lowest BCUT2D eigenvalue weighted by Crippen LogP contribution is -2.41. The molecule has 17 heavy (non-hydrogen) atoms. The zero-order valence-electron chi connectivity index (χ0n) is 10.3. The maximum absolute atomic E-state index is 6.13. The molecule has 0 atom stereocenters. The molecule has 1 aromatic carbocycles. The van der Waals surface area contributed by atoms with E-state index >= 15 is 0 Å². The van der Waals surface area contributed by atoms with Gasteiger partial charge < -0.3 is 15.2 Å². The first-order valence-electron chi connectivity index (χ1n) is 5.79. The summed E-state index contributed by atoms with van der Waals surface area (Å²) in [7, 11) is 3.27. The van der Waals surface area contributed by atoms with Crippen molar-refractivity contribution in [2.24, 2.45) is 5.73 Å². The standard InChI is InChI=1S/C13H18ClNO2/c1-16-11-7-9(14)6-10(12(11)17-2)13(8-15)4-3-5-13/h6-7H,3-5,8,15H2,1-2H3. The van der Waals surface area contributed by atoms with E-state index in [-0.39, 0.29) is 5.41 Å². The molecule has 1 aliphatic rings. The Labute approximate surface area is 107 Å². The highest BCUT2D eigenvalue weighted by molar-refractivity contribution is 6.30. The van der Waals surface area contributed by atoms with E-state index in [4.69, 9.17) is 26.8 Å². The summed E-state index contributed by atoms with van der Waals surface area (Å²) >= 11 is 6.13. The number of nitrogens with two attached hydrogens (primary N) is 1. The van der Waals surface area contributed by atoms with Crippen molar-refractivity contribution in [3.63, 3.8) is 0 Å². The summed E-state index contributed by atoms with van der Waals surface area (Å²) in [5.74, 6) is 1.44. The number of hydrogen-bond acceptors (Lipinski definition) is 3. The molecule has 0 heterocycles. The van der Waals surface area contributed by atoms with Crippen LogP contribution in [0.15, 0.2) is 12.1 Å². The zero-order valence-corrected chi connectivity index (χ0v) is 11.0. The molecule has 0 unspecified atom stereocenters. The highest BCUT2D eigenvalue weighted by atomic mass is 35.5. The Bertz CT molecular complexity index is 411. The van der Waals surface area contributed by atoms with E-state index in [1.54, 1.807) is 20.3 Å². The van der Waals surface area contributed by atoms with Crippen LogP contribution in [0.5, 0.6) is 11.5 Å². The van der Waals surface area contributed by atoms with Gasteiger partial charge in [0.05, 0.1) is 14.2 Å². The maximum atomic E-state index is 6.13. The summed E-state index contributed by atoms with van der Waals surface area (Å²) < 4.78 is 10.8. The number of ether oxygens (including phenoxy) is 2. The minimum atomic E-state index is 0.0174. The molecular formula is C13H18ClNO2. The first-order chi connectivity index (χ1) is 8.16. The Hall–Kier alpha value is -0.930. The Morgan fingerprint density at radius 1 is 1.29 bits per heavy atom. The highest BCUT2D eigenvalue weighted by Gasteiger charge is 2.40. The van der Waals surface area contributed by atoms with Crippen LogP contribution in [-0.4, -0.2) is 20.8 Å². The summed E-state index contributed by atoms with van der Waals surface area (Å²) in [6.45, 7) is 0.618. The summed E-state index contributed by atoms with van der Waals surface area (Å²) in [6.07, 6.45) is 3.38. The number of halogens is 1. The third-order valence-electron chi connectivity index (χ3n) is 3.72. The Morgan fingerprint density at radius 2 is 2.00 bits per heavy atom. The Morgan fingerprint density at radius 3 is 2.41 bits per heavy atom. The number of rotatable bonds is 4. The molecule has 1 aromatic rings. The molecule has 94 valence electrons. The first-order valence-corrected chi connectivity index (χ1v) is 6.17. The van der Waals surface area contributed by atoms with Crippen LogP contribution in [0, 0.1) is 0 Å². The van der Waals surface area contributed by atoms with E-state index in [9.17, 15) is 0 Å². The molecule has 0 spiro atoms. The lowest BCUT2D eigenvalue weighted by atomic mass is 9.64.